The fourth-order valence-corrected chi connectivity index (χ4v) is 3.20. The van der Waals surface area contributed by atoms with Crippen molar-refractivity contribution in [2.45, 2.75) is 0 Å². The van der Waals surface area contributed by atoms with Crippen LogP contribution in [0.2, 0.25) is 0 Å². The van der Waals surface area contributed by atoms with E-state index in [0.29, 0.717) is 11.6 Å². The summed E-state index contributed by atoms with van der Waals surface area (Å²) in [5.41, 5.74) is 1.76. The van der Waals surface area contributed by atoms with Gasteiger partial charge in [-0.3, -0.25) is 0 Å². The highest BCUT2D eigenvalue weighted by atomic mass is 19.1. The monoisotopic (exact) mass is 392 g/mol. The van der Waals surface area contributed by atoms with E-state index in [4.69, 9.17) is 0 Å². The van der Waals surface area contributed by atoms with E-state index >= 15 is 0 Å². The second-order valence-corrected chi connectivity index (χ2v) is 6.64. The molecule has 8 heteroatoms. The van der Waals surface area contributed by atoms with Gasteiger partial charge < -0.3 is 20.4 Å². The molecule has 0 bridgehead atoms. The highest BCUT2D eigenvalue weighted by Gasteiger charge is 2.19. The molecule has 4 rings (SSSR count). The molecule has 2 aromatic carbocycles. The van der Waals surface area contributed by atoms with Gasteiger partial charge in [0.25, 0.3) is 0 Å². The van der Waals surface area contributed by atoms with Crippen molar-refractivity contribution in [1.82, 2.24) is 9.97 Å². The normalized spacial score (nSPS) is 13.8. The molecular formula is C21H21FN6O. The number of halogens is 1. The third-order valence-corrected chi connectivity index (χ3v) is 4.70. The van der Waals surface area contributed by atoms with Gasteiger partial charge in [-0.15, -0.1) is 0 Å². The first kappa shape index (κ1) is 18.7. The van der Waals surface area contributed by atoms with Crippen LogP contribution in [-0.4, -0.2) is 42.2 Å². The summed E-state index contributed by atoms with van der Waals surface area (Å²) in [4.78, 5) is 25.2. The predicted octanol–water partition coefficient (Wildman–Crippen LogP) is 3.59. The number of urea groups is 1. The van der Waals surface area contributed by atoms with Gasteiger partial charge in [-0.1, -0.05) is 30.3 Å². The number of hydrogen-bond acceptors (Lipinski definition) is 5. The number of benzene rings is 2. The number of rotatable bonds is 4. The summed E-state index contributed by atoms with van der Waals surface area (Å²) < 4.78 is 13.6. The first-order chi connectivity index (χ1) is 14.2. The summed E-state index contributed by atoms with van der Waals surface area (Å²) in [6.07, 6.45) is 3.10. The van der Waals surface area contributed by atoms with E-state index in [0.717, 1.165) is 26.2 Å². The summed E-state index contributed by atoms with van der Waals surface area (Å²) in [6.45, 7) is 3.40. The van der Waals surface area contributed by atoms with Crippen molar-refractivity contribution in [2.75, 3.05) is 46.6 Å². The summed E-state index contributed by atoms with van der Waals surface area (Å²) >= 11 is 0. The molecule has 1 aromatic heterocycles. The van der Waals surface area contributed by atoms with E-state index in [-0.39, 0.29) is 5.69 Å². The highest BCUT2D eigenvalue weighted by Crippen LogP contribution is 2.18. The molecule has 0 saturated carbocycles. The summed E-state index contributed by atoms with van der Waals surface area (Å²) in [7, 11) is 0. The standard InChI is InChI=1S/C21H21FN6O/c22-18-8-4-5-9-19(18)26-21(29)25-16-14-23-20(24-15-16)28-12-10-27(11-13-28)17-6-2-1-3-7-17/h1-9,14-15H,10-13H2,(H2,25,26,29). The van der Waals surface area contributed by atoms with E-state index < -0.39 is 11.8 Å². The van der Waals surface area contributed by atoms with Crippen LogP contribution in [0, 0.1) is 5.82 Å². The molecule has 7 nitrogen and oxygen atoms in total. The number of nitrogens with one attached hydrogen (secondary N) is 2. The Bertz CT molecular complexity index is 958. The number of anilines is 4. The Hall–Kier alpha value is -3.68. The number of carbonyl (C=O) groups is 1. The topological polar surface area (TPSA) is 73.4 Å². The predicted molar refractivity (Wildman–Crippen MR) is 112 cm³/mol. The molecule has 1 aliphatic heterocycles. The average Bonchev–Trinajstić information content (AvgIpc) is 2.77. The minimum atomic E-state index is -0.553. The smallest absolute Gasteiger partial charge is 0.323 e. The molecular weight excluding hydrogens is 371 g/mol. The van der Waals surface area contributed by atoms with Gasteiger partial charge in [0.15, 0.2) is 0 Å². The van der Waals surface area contributed by atoms with Crippen LogP contribution in [0.3, 0.4) is 0 Å². The molecule has 0 aliphatic carbocycles. The molecule has 3 aromatic rings. The van der Waals surface area contributed by atoms with Gasteiger partial charge in [0.2, 0.25) is 5.95 Å². The van der Waals surface area contributed by atoms with Gasteiger partial charge in [0.1, 0.15) is 5.82 Å². The van der Waals surface area contributed by atoms with Gasteiger partial charge in [-0.2, -0.15) is 0 Å². The lowest BCUT2D eigenvalue weighted by Crippen LogP contribution is -2.47. The van der Waals surface area contributed by atoms with Crippen LogP contribution < -0.4 is 20.4 Å². The van der Waals surface area contributed by atoms with Crippen LogP contribution >= 0.6 is 0 Å². The number of nitrogens with zero attached hydrogens (tertiary/aromatic N) is 4. The number of carbonyl (C=O) groups excluding carboxylic acids is 1. The van der Waals surface area contributed by atoms with E-state index in [1.165, 1.54) is 17.8 Å². The largest absolute Gasteiger partial charge is 0.368 e. The lowest BCUT2D eigenvalue weighted by Gasteiger charge is -2.36. The van der Waals surface area contributed by atoms with Crippen molar-refractivity contribution < 1.29 is 9.18 Å². The van der Waals surface area contributed by atoms with Crippen LogP contribution in [0.25, 0.3) is 0 Å². The fourth-order valence-electron chi connectivity index (χ4n) is 3.20. The number of piperazine rings is 1. The van der Waals surface area contributed by atoms with E-state index in [1.54, 1.807) is 24.5 Å². The first-order valence-electron chi connectivity index (χ1n) is 9.38. The quantitative estimate of drug-likeness (QED) is 0.710. The Morgan fingerprint density at radius 1 is 0.828 bits per heavy atom. The minimum Gasteiger partial charge on any atom is -0.368 e. The van der Waals surface area contributed by atoms with Crippen LogP contribution in [0.4, 0.5) is 32.2 Å². The van der Waals surface area contributed by atoms with Crippen LogP contribution in [0.5, 0.6) is 0 Å². The summed E-state index contributed by atoms with van der Waals surface area (Å²) in [5, 5.41) is 5.07. The summed E-state index contributed by atoms with van der Waals surface area (Å²) in [5.74, 6) is 0.127. The molecule has 148 valence electrons. The number of hydrogen-bond donors (Lipinski definition) is 2. The van der Waals surface area contributed by atoms with Gasteiger partial charge >= 0.3 is 6.03 Å². The highest BCUT2D eigenvalue weighted by molar-refractivity contribution is 5.99. The molecule has 1 fully saturated rings. The zero-order valence-electron chi connectivity index (χ0n) is 15.8. The molecule has 2 amide bonds. The maximum Gasteiger partial charge on any atom is 0.323 e. The molecule has 1 saturated heterocycles. The third kappa shape index (κ3) is 4.60. The van der Waals surface area contributed by atoms with Crippen molar-refractivity contribution in [3.05, 3.63) is 72.8 Å². The van der Waals surface area contributed by atoms with Crippen LogP contribution in [0.15, 0.2) is 67.0 Å². The fraction of sp³-hybridized carbons (Fsp3) is 0.190. The van der Waals surface area contributed by atoms with Crippen LogP contribution in [-0.2, 0) is 0 Å². The van der Waals surface area contributed by atoms with Gasteiger partial charge in [0, 0.05) is 31.9 Å². The second kappa shape index (κ2) is 8.55. The lowest BCUT2D eigenvalue weighted by atomic mass is 10.2. The average molecular weight is 392 g/mol. The molecule has 2 N–H and O–H groups in total. The van der Waals surface area contributed by atoms with Crippen molar-refractivity contribution >= 4 is 29.0 Å². The minimum absolute atomic E-state index is 0.110. The second-order valence-electron chi connectivity index (χ2n) is 6.64. The lowest BCUT2D eigenvalue weighted by molar-refractivity contribution is 0.262. The number of para-hydroxylation sites is 2. The maximum atomic E-state index is 13.6. The summed E-state index contributed by atoms with van der Waals surface area (Å²) in [6, 6.07) is 15.7. The van der Waals surface area contributed by atoms with E-state index in [2.05, 4.69) is 42.5 Å². The molecule has 0 radical (unpaired) electrons. The molecule has 2 heterocycles. The molecule has 1 aliphatic rings. The molecule has 0 spiro atoms. The Balaban J connectivity index is 1.31. The Morgan fingerprint density at radius 2 is 1.45 bits per heavy atom. The van der Waals surface area contributed by atoms with Crippen molar-refractivity contribution in [2.24, 2.45) is 0 Å². The van der Waals surface area contributed by atoms with Gasteiger partial charge in [0.05, 0.1) is 23.8 Å². The third-order valence-electron chi connectivity index (χ3n) is 4.70. The zero-order valence-corrected chi connectivity index (χ0v) is 15.8. The van der Waals surface area contributed by atoms with Crippen LogP contribution in [0.1, 0.15) is 0 Å². The van der Waals surface area contributed by atoms with E-state index in [1.807, 2.05) is 18.2 Å². The maximum absolute atomic E-state index is 13.6. The van der Waals surface area contributed by atoms with Crippen molar-refractivity contribution in [1.29, 1.82) is 0 Å². The van der Waals surface area contributed by atoms with Gasteiger partial charge in [-0.05, 0) is 24.3 Å². The Kier molecular flexibility index (Phi) is 5.51. The number of amides is 2. The number of aromatic nitrogens is 2. The van der Waals surface area contributed by atoms with Crippen molar-refractivity contribution in [3.63, 3.8) is 0 Å². The van der Waals surface area contributed by atoms with Crippen molar-refractivity contribution in [3.8, 4) is 0 Å². The Labute approximate surface area is 168 Å². The zero-order chi connectivity index (χ0) is 20.1. The SMILES string of the molecule is O=C(Nc1cnc(N2CCN(c3ccccc3)CC2)nc1)Nc1ccccc1F. The van der Waals surface area contributed by atoms with E-state index in [9.17, 15) is 9.18 Å². The first-order valence-corrected chi connectivity index (χ1v) is 9.38. The Morgan fingerprint density at radius 3 is 2.14 bits per heavy atom. The van der Waals surface area contributed by atoms with Gasteiger partial charge in [-0.25, -0.2) is 19.2 Å². The molecule has 0 unspecified atom stereocenters. The molecule has 29 heavy (non-hydrogen) atoms. The molecule has 0 atom stereocenters.